The molecular formula is C28H21Cl2N3O4S. The van der Waals surface area contributed by atoms with Gasteiger partial charge in [-0.3, -0.25) is 10.1 Å². The van der Waals surface area contributed by atoms with Gasteiger partial charge in [-0.25, -0.2) is 4.98 Å². The lowest BCUT2D eigenvalue weighted by atomic mass is 10.1. The third-order valence-electron chi connectivity index (χ3n) is 5.95. The highest BCUT2D eigenvalue weighted by Crippen LogP contribution is 2.33. The summed E-state index contributed by atoms with van der Waals surface area (Å²) in [5, 5.41) is 6.61. The molecule has 0 spiro atoms. The molecule has 0 aliphatic heterocycles. The van der Waals surface area contributed by atoms with Crippen molar-refractivity contribution in [3.8, 4) is 28.5 Å². The van der Waals surface area contributed by atoms with Crippen molar-refractivity contribution in [2.45, 2.75) is 13.8 Å². The van der Waals surface area contributed by atoms with Crippen LogP contribution in [-0.4, -0.2) is 23.1 Å². The zero-order valence-corrected chi connectivity index (χ0v) is 22.8. The Hall–Kier alpha value is -3.85. The molecule has 0 atom stereocenters. The first-order valence-electron chi connectivity index (χ1n) is 11.5. The topological polar surface area (TPSA) is 89.5 Å². The molecule has 5 rings (SSSR count). The molecule has 0 saturated heterocycles. The summed E-state index contributed by atoms with van der Waals surface area (Å²) >= 11 is 17.7. The molecule has 38 heavy (non-hydrogen) atoms. The number of methoxy groups -OCH3 is 1. The summed E-state index contributed by atoms with van der Waals surface area (Å²) in [6, 6.07) is 17.5. The molecule has 192 valence electrons. The van der Waals surface area contributed by atoms with Gasteiger partial charge in [0.1, 0.15) is 17.0 Å². The van der Waals surface area contributed by atoms with Crippen LogP contribution in [0.2, 0.25) is 10.0 Å². The van der Waals surface area contributed by atoms with E-state index in [0.717, 1.165) is 16.6 Å². The van der Waals surface area contributed by atoms with Gasteiger partial charge < -0.3 is 18.9 Å². The Labute approximate surface area is 233 Å². The van der Waals surface area contributed by atoms with Gasteiger partial charge in [0.2, 0.25) is 5.89 Å². The van der Waals surface area contributed by atoms with Crippen LogP contribution < -0.4 is 15.4 Å². The van der Waals surface area contributed by atoms with Crippen molar-refractivity contribution in [2.75, 3.05) is 12.4 Å². The van der Waals surface area contributed by atoms with Gasteiger partial charge in [0.15, 0.2) is 16.5 Å². The number of halogens is 2. The Morgan fingerprint density at radius 1 is 0.974 bits per heavy atom. The van der Waals surface area contributed by atoms with Crippen molar-refractivity contribution < 1.29 is 18.4 Å². The van der Waals surface area contributed by atoms with Gasteiger partial charge in [-0.15, -0.1) is 0 Å². The van der Waals surface area contributed by atoms with E-state index in [2.05, 4.69) is 15.6 Å². The standard InChI is InChI=1S/C28H21Cl2N3O4S/c1-14-10-20-25(11-15(14)2)37-27(31-20)16-4-7-23(35-3)21(12-16)32-28(38)33-26(34)24-9-8-22(36-24)18-13-17(29)5-6-19(18)30/h4-13H,1-3H3,(H2,32,33,34,38). The molecule has 0 aliphatic carbocycles. The summed E-state index contributed by atoms with van der Waals surface area (Å²) in [6.07, 6.45) is 0. The summed E-state index contributed by atoms with van der Waals surface area (Å²) < 4.78 is 17.1. The van der Waals surface area contributed by atoms with E-state index in [4.69, 9.17) is 49.0 Å². The van der Waals surface area contributed by atoms with Crippen LogP contribution in [0.4, 0.5) is 5.69 Å². The fourth-order valence-electron chi connectivity index (χ4n) is 3.85. The number of hydrogen-bond donors (Lipinski definition) is 2. The van der Waals surface area contributed by atoms with Crippen LogP contribution in [-0.2, 0) is 0 Å². The number of fused-ring (bicyclic) bond motifs is 1. The van der Waals surface area contributed by atoms with Gasteiger partial charge in [0.25, 0.3) is 5.91 Å². The maximum atomic E-state index is 12.8. The third kappa shape index (κ3) is 5.24. The Morgan fingerprint density at radius 2 is 1.76 bits per heavy atom. The number of aryl methyl sites for hydroxylation is 2. The second kappa shape index (κ2) is 10.5. The lowest BCUT2D eigenvalue weighted by Crippen LogP contribution is -2.34. The van der Waals surface area contributed by atoms with Crippen LogP contribution in [0.5, 0.6) is 5.75 Å². The maximum Gasteiger partial charge on any atom is 0.293 e. The minimum atomic E-state index is -0.535. The predicted octanol–water partition coefficient (Wildman–Crippen LogP) is 7.81. The van der Waals surface area contributed by atoms with Crippen molar-refractivity contribution in [1.29, 1.82) is 0 Å². The molecule has 0 saturated carbocycles. The maximum absolute atomic E-state index is 12.8. The second-order valence-electron chi connectivity index (χ2n) is 8.53. The molecule has 3 aromatic carbocycles. The first-order chi connectivity index (χ1) is 18.2. The fourth-order valence-corrected chi connectivity index (χ4v) is 4.44. The van der Waals surface area contributed by atoms with Gasteiger partial charge in [-0.2, -0.15) is 0 Å². The van der Waals surface area contributed by atoms with Gasteiger partial charge >= 0.3 is 0 Å². The number of carbonyl (C=O) groups excluding carboxylic acids is 1. The highest BCUT2D eigenvalue weighted by molar-refractivity contribution is 7.80. The number of amides is 1. The third-order valence-corrected chi connectivity index (χ3v) is 6.72. The van der Waals surface area contributed by atoms with Crippen molar-refractivity contribution >= 4 is 63.2 Å². The summed E-state index contributed by atoms with van der Waals surface area (Å²) in [5.74, 6) is 0.891. The first-order valence-corrected chi connectivity index (χ1v) is 12.6. The van der Waals surface area contributed by atoms with Gasteiger partial charge in [0, 0.05) is 16.1 Å². The molecule has 0 aliphatic rings. The van der Waals surface area contributed by atoms with E-state index in [9.17, 15) is 4.79 Å². The molecular weight excluding hydrogens is 545 g/mol. The Balaban J connectivity index is 1.34. The van der Waals surface area contributed by atoms with Crippen LogP contribution in [0, 0.1) is 13.8 Å². The van der Waals surface area contributed by atoms with E-state index >= 15 is 0 Å². The number of anilines is 1. The van der Waals surface area contributed by atoms with Crippen LogP contribution in [0.25, 0.3) is 33.9 Å². The molecule has 5 aromatic rings. The van der Waals surface area contributed by atoms with Crippen LogP contribution in [0.1, 0.15) is 21.7 Å². The zero-order valence-electron chi connectivity index (χ0n) is 20.5. The number of nitrogens with one attached hydrogen (secondary N) is 2. The molecule has 1 amide bonds. The molecule has 10 heteroatoms. The predicted molar refractivity (Wildman–Crippen MR) is 153 cm³/mol. The number of nitrogens with zero attached hydrogens (tertiary/aromatic N) is 1. The monoisotopic (exact) mass is 565 g/mol. The lowest BCUT2D eigenvalue weighted by molar-refractivity contribution is 0.0951. The Bertz CT molecular complexity index is 1670. The minimum absolute atomic E-state index is 0.0491. The second-order valence-corrected chi connectivity index (χ2v) is 9.79. The summed E-state index contributed by atoms with van der Waals surface area (Å²) in [4.78, 5) is 17.4. The average molecular weight is 566 g/mol. The van der Waals surface area contributed by atoms with E-state index in [1.165, 1.54) is 13.2 Å². The number of furan rings is 1. The molecule has 2 aromatic heterocycles. The van der Waals surface area contributed by atoms with E-state index in [0.29, 0.717) is 49.8 Å². The number of ether oxygens (including phenoxy) is 1. The van der Waals surface area contributed by atoms with Crippen LogP contribution in [0.15, 0.2) is 69.5 Å². The average Bonchev–Trinajstić information content (AvgIpc) is 3.53. The normalized spacial score (nSPS) is 11.0. The minimum Gasteiger partial charge on any atom is -0.495 e. The lowest BCUT2D eigenvalue weighted by Gasteiger charge is -2.13. The molecule has 0 bridgehead atoms. The number of benzene rings is 3. The van der Waals surface area contributed by atoms with Gasteiger partial charge in [-0.05, 0) is 97.9 Å². The smallest absolute Gasteiger partial charge is 0.293 e. The van der Waals surface area contributed by atoms with Crippen molar-refractivity contribution in [3.63, 3.8) is 0 Å². The van der Waals surface area contributed by atoms with E-state index in [1.54, 1.807) is 36.4 Å². The number of thiocarbonyl (C=S) groups is 1. The first kappa shape index (κ1) is 25.8. The van der Waals surface area contributed by atoms with Gasteiger partial charge in [0.05, 0.1) is 17.8 Å². The number of aromatic nitrogens is 1. The van der Waals surface area contributed by atoms with Crippen LogP contribution >= 0.6 is 35.4 Å². The number of hydrogen-bond acceptors (Lipinski definition) is 6. The van der Waals surface area contributed by atoms with E-state index < -0.39 is 5.91 Å². The summed E-state index contributed by atoms with van der Waals surface area (Å²) in [6.45, 7) is 4.06. The van der Waals surface area contributed by atoms with Gasteiger partial charge in [-0.1, -0.05) is 23.2 Å². The highest BCUT2D eigenvalue weighted by atomic mass is 35.5. The van der Waals surface area contributed by atoms with E-state index in [1.807, 2.05) is 32.0 Å². The number of rotatable bonds is 5. The van der Waals surface area contributed by atoms with Crippen molar-refractivity contribution in [3.05, 3.63) is 87.6 Å². The van der Waals surface area contributed by atoms with Crippen molar-refractivity contribution in [1.82, 2.24) is 10.3 Å². The number of oxazole rings is 1. The van der Waals surface area contributed by atoms with Crippen molar-refractivity contribution in [2.24, 2.45) is 0 Å². The largest absolute Gasteiger partial charge is 0.495 e. The molecule has 2 heterocycles. The molecule has 2 N–H and O–H groups in total. The van der Waals surface area contributed by atoms with Crippen LogP contribution in [0.3, 0.4) is 0 Å². The zero-order chi connectivity index (χ0) is 27.0. The quantitative estimate of drug-likeness (QED) is 0.210. The molecule has 0 unspecified atom stereocenters. The highest BCUT2D eigenvalue weighted by Gasteiger charge is 2.17. The number of carbonyl (C=O) groups is 1. The molecule has 7 nitrogen and oxygen atoms in total. The molecule has 0 fully saturated rings. The summed E-state index contributed by atoms with van der Waals surface area (Å²) in [7, 11) is 1.54. The summed E-state index contributed by atoms with van der Waals surface area (Å²) in [5.41, 5.74) is 5.54. The fraction of sp³-hybridized carbons (Fsp3) is 0.107. The van der Waals surface area contributed by atoms with E-state index in [-0.39, 0.29) is 10.9 Å². The Kier molecular flexibility index (Phi) is 7.12. The SMILES string of the molecule is COc1ccc(-c2nc3cc(C)c(C)cc3o2)cc1NC(=S)NC(=O)c1ccc(-c2cc(Cl)ccc2Cl)o1. The Morgan fingerprint density at radius 3 is 2.55 bits per heavy atom. The molecule has 0 radical (unpaired) electrons.